The van der Waals surface area contributed by atoms with Gasteiger partial charge >= 0.3 is 0 Å². The van der Waals surface area contributed by atoms with Crippen molar-refractivity contribution in [3.63, 3.8) is 0 Å². The monoisotopic (exact) mass is 383 g/mol. The molecular weight excluding hydrogens is 354 g/mol. The summed E-state index contributed by atoms with van der Waals surface area (Å²) in [6.07, 6.45) is 10.3. The van der Waals surface area contributed by atoms with Crippen molar-refractivity contribution < 1.29 is 9.53 Å². The quantitative estimate of drug-likeness (QED) is 0.811. The lowest BCUT2D eigenvalue weighted by atomic mass is 9.91. The summed E-state index contributed by atoms with van der Waals surface area (Å²) in [6, 6.07) is 0. The lowest BCUT2D eigenvalue weighted by molar-refractivity contribution is -0.140. The van der Waals surface area contributed by atoms with Crippen molar-refractivity contribution in [3.8, 4) is 11.4 Å². The van der Waals surface area contributed by atoms with E-state index in [0.29, 0.717) is 25.0 Å². The summed E-state index contributed by atoms with van der Waals surface area (Å²) in [6.45, 7) is 5.11. The number of aryl methyl sites for hydroxylation is 1. The lowest BCUT2D eigenvalue weighted by Gasteiger charge is -2.35. The lowest BCUT2D eigenvalue weighted by Crippen LogP contribution is -2.44. The highest BCUT2D eigenvalue weighted by atomic mass is 16.5. The van der Waals surface area contributed by atoms with Gasteiger partial charge in [0.1, 0.15) is 11.5 Å². The largest absolute Gasteiger partial charge is 0.381 e. The van der Waals surface area contributed by atoms with Crippen LogP contribution >= 0.6 is 0 Å². The second-order valence-electron chi connectivity index (χ2n) is 8.03. The Morgan fingerprint density at radius 1 is 1.21 bits per heavy atom. The SMILES string of the molecule is Cc1ncc(-c2cncc(CC3CCCN(C(=O)C4CCOCC4)C3)n2)n1C. The van der Waals surface area contributed by atoms with Gasteiger partial charge in [-0.2, -0.15) is 0 Å². The minimum absolute atomic E-state index is 0.142. The van der Waals surface area contributed by atoms with E-state index >= 15 is 0 Å². The Labute approximate surface area is 166 Å². The highest BCUT2D eigenvalue weighted by Crippen LogP contribution is 2.25. The number of carbonyl (C=O) groups excluding carboxylic acids is 1. The van der Waals surface area contributed by atoms with Crippen LogP contribution in [0, 0.1) is 18.8 Å². The topological polar surface area (TPSA) is 73.1 Å². The number of hydrogen-bond donors (Lipinski definition) is 0. The van der Waals surface area contributed by atoms with Crippen LogP contribution in [0.3, 0.4) is 0 Å². The van der Waals surface area contributed by atoms with E-state index in [9.17, 15) is 4.79 Å². The summed E-state index contributed by atoms with van der Waals surface area (Å²) in [5.74, 6) is 1.86. The van der Waals surface area contributed by atoms with Gasteiger partial charge in [0.15, 0.2) is 0 Å². The Bertz CT molecular complexity index is 828. The summed E-state index contributed by atoms with van der Waals surface area (Å²) in [5, 5.41) is 0. The second-order valence-corrected chi connectivity index (χ2v) is 8.03. The zero-order chi connectivity index (χ0) is 19.5. The first-order valence-electron chi connectivity index (χ1n) is 10.3. The van der Waals surface area contributed by atoms with E-state index in [1.807, 2.05) is 30.9 Å². The van der Waals surface area contributed by atoms with Crippen LogP contribution in [-0.4, -0.2) is 56.6 Å². The standard InChI is InChI=1S/C21H29N5O2/c1-15-23-13-20(25(15)2)19-12-22-11-18(24-19)10-16-4-3-7-26(14-16)21(27)17-5-8-28-9-6-17/h11-13,16-17H,3-10,14H2,1-2H3. The van der Waals surface area contributed by atoms with Gasteiger partial charge in [0.05, 0.1) is 23.8 Å². The molecule has 2 saturated heterocycles. The first-order chi connectivity index (χ1) is 13.6. The maximum absolute atomic E-state index is 12.9. The number of hydrogen-bond acceptors (Lipinski definition) is 5. The highest BCUT2D eigenvalue weighted by Gasteiger charge is 2.30. The van der Waals surface area contributed by atoms with E-state index in [-0.39, 0.29) is 5.92 Å². The summed E-state index contributed by atoms with van der Waals surface area (Å²) < 4.78 is 7.43. The first kappa shape index (κ1) is 19.1. The average molecular weight is 383 g/mol. The van der Waals surface area contributed by atoms with Crippen molar-refractivity contribution >= 4 is 5.91 Å². The van der Waals surface area contributed by atoms with Gasteiger partial charge in [-0.3, -0.25) is 9.78 Å². The van der Waals surface area contributed by atoms with Gasteiger partial charge in [-0.1, -0.05) is 0 Å². The van der Waals surface area contributed by atoms with Crippen LogP contribution in [0.4, 0.5) is 0 Å². The minimum atomic E-state index is 0.142. The van der Waals surface area contributed by atoms with Gasteiger partial charge in [0.2, 0.25) is 5.91 Å². The number of ether oxygens (including phenoxy) is 1. The molecule has 7 nitrogen and oxygen atoms in total. The van der Waals surface area contributed by atoms with Crippen molar-refractivity contribution in [1.82, 2.24) is 24.4 Å². The molecule has 1 unspecified atom stereocenters. The molecule has 2 aromatic rings. The smallest absolute Gasteiger partial charge is 0.225 e. The fraction of sp³-hybridized carbons (Fsp3) is 0.619. The third-order valence-electron chi connectivity index (χ3n) is 6.07. The fourth-order valence-corrected chi connectivity index (χ4v) is 4.30. The molecule has 1 amide bonds. The Morgan fingerprint density at radius 3 is 2.79 bits per heavy atom. The van der Waals surface area contributed by atoms with E-state index in [1.54, 1.807) is 6.20 Å². The molecule has 2 fully saturated rings. The summed E-state index contributed by atoms with van der Waals surface area (Å²) in [4.78, 5) is 28.5. The maximum atomic E-state index is 12.9. The van der Waals surface area contributed by atoms with E-state index in [1.165, 1.54) is 0 Å². The molecule has 4 rings (SSSR count). The molecule has 4 heterocycles. The number of amides is 1. The number of nitrogens with zero attached hydrogens (tertiary/aromatic N) is 5. The first-order valence-corrected chi connectivity index (χ1v) is 10.3. The fourth-order valence-electron chi connectivity index (χ4n) is 4.30. The highest BCUT2D eigenvalue weighted by molar-refractivity contribution is 5.79. The van der Waals surface area contributed by atoms with Crippen LogP contribution in [0.15, 0.2) is 18.6 Å². The predicted octanol–water partition coefficient (Wildman–Crippen LogP) is 2.39. The molecule has 0 radical (unpaired) electrons. The third-order valence-corrected chi connectivity index (χ3v) is 6.07. The Kier molecular flexibility index (Phi) is 5.71. The molecule has 28 heavy (non-hydrogen) atoms. The van der Waals surface area contributed by atoms with Crippen LogP contribution in [0.25, 0.3) is 11.4 Å². The summed E-state index contributed by atoms with van der Waals surface area (Å²) in [7, 11) is 1.99. The number of piperidine rings is 1. The van der Waals surface area contributed by atoms with Crippen LogP contribution in [0.5, 0.6) is 0 Å². The Hall–Kier alpha value is -2.28. The molecule has 0 spiro atoms. The van der Waals surface area contributed by atoms with Gasteiger partial charge in [-0.15, -0.1) is 0 Å². The third kappa shape index (κ3) is 4.09. The molecule has 0 N–H and O–H groups in total. The van der Waals surface area contributed by atoms with Crippen LogP contribution in [0.1, 0.15) is 37.2 Å². The maximum Gasteiger partial charge on any atom is 0.225 e. The Balaban J connectivity index is 1.42. The van der Waals surface area contributed by atoms with Crippen LogP contribution < -0.4 is 0 Å². The minimum Gasteiger partial charge on any atom is -0.381 e. The van der Waals surface area contributed by atoms with Crippen molar-refractivity contribution in [2.45, 2.75) is 39.0 Å². The summed E-state index contributed by atoms with van der Waals surface area (Å²) >= 11 is 0. The second kappa shape index (κ2) is 8.39. The molecule has 0 saturated carbocycles. The number of likely N-dealkylation sites (tertiary alicyclic amines) is 1. The molecule has 2 aliphatic heterocycles. The molecule has 0 bridgehead atoms. The van der Waals surface area contributed by atoms with E-state index in [4.69, 9.17) is 9.72 Å². The molecule has 7 heteroatoms. The van der Waals surface area contributed by atoms with Gasteiger partial charge in [-0.25, -0.2) is 9.97 Å². The number of aromatic nitrogens is 4. The van der Waals surface area contributed by atoms with E-state index in [2.05, 4.69) is 14.9 Å². The predicted molar refractivity (Wildman–Crippen MR) is 106 cm³/mol. The van der Waals surface area contributed by atoms with Gasteiger partial charge in [0, 0.05) is 45.5 Å². The van der Waals surface area contributed by atoms with Crippen molar-refractivity contribution in [3.05, 3.63) is 30.1 Å². The molecule has 150 valence electrons. The van der Waals surface area contributed by atoms with Gasteiger partial charge in [0.25, 0.3) is 0 Å². The zero-order valence-corrected chi connectivity index (χ0v) is 16.8. The number of imidazole rings is 1. The Morgan fingerprint density at radius 2 is 2.04 bits per heavy atom. The van der Waals surface area contributed by atoms with Crippen molar-refractivity contribution in [2.24, 2.45) is 18.9 Å². The molecule has 2 aliphatic rings. The number of carbonyl (C=O) groups is 1. The van der Waals surface area contributed by atoms with E-state index in [0.717, 1.165) is 68.1 Å². The molecule has 1 atom stereocenters. The van der Waals surface area contributed by atoms with E-state index < -0.39 is 0 Å². The van der Waals surface area contributed by atoms with Crippen LogP contribution in [0.2, 0.25) is 0 Å². The number of rotatable bonds is 4. The average Bonchev–Trinajstić information content (AvgIpc) is 3.07. The zero-order valence-electron chi connectivity index (χ0n) is 16.8. The van der Waals surface area contributed by atoms with Gasteiger partial charge in [-0.05, 0) is 44.9 Å². The molecule has 2 aromatic heterocycles. The normalized spacial score (nSPS) is 21.1. The van der Waals surface area contributed by atoms with Gasteiger partial charge < -0.3 is 14.2 Å². The molecule has 0 aromatic carbocycles. The van der Waals surface area contributed by atoms with Crippen molar-refractivity contribution in [2.75, 3.05) is 26.3 Å². The molecular formula is C21H29N5O2. The summed E-state index contributed by atoms with van der Waals surface area (Å²) in [5.41, 5.74) is 2.82. The van der Waals surface area contributed by atoms with Crippen LogP contribution in [-0.2, 0) is 23.0 Å². The van der Waals surface area contributed by atoms with Crippen molar-refractivity contribution in [1.29, 1.82) is 0 Å². The molecule has 0 aliphatic carbocycles.